The molecule has 0 bridgehead atoms. The number of carboxylic acids is 1. The molecule has 0 rings (SSSR count). The number of primary amides is 1. The molecule has 0 fully saturated rings. The van der Waals surface area contributed by atoms with Gasteiger partial charge in [-0.05, 0) is 82.9 Å². The number of amides is 6. The summed E-state index contributed by atoms with van der Waals surface area (Å²) in [5.74, 6) is -5.67. The van der Waals surface area contributed by atoms with E-state index >= 15 is 0 Å². The third-order valence-corrected chi connectivity index (χ3v) is 8.33. The molecule has 0 spiro atoms. The maximum absolute atomic E-state index is 13.6. The highest BCUT2D eigenvalue weighted by Gasteiger charge is 2.34. The average molecular weight is 704 g/mol. The number of rotatable bonds is 26. The van der Waals surface area contributed by atoms with Crippen LogP contribution in [-0.4, -0.2) is 108 Å². The predicted molar refractivity (Wildman–Crippen MR) is 183 cm³/mol. The molecule has 276 valence electrons. The third kappa shape index (κ3) is 17.6. The van der Waals surface area contributed by atoms with Gasteiger partial charge in [-0.2, -0.15) is 11.8 Å². The van der Waals surface area contributed by atoms with Crippen molar-refractivity contribution >= 4 is 53.2 Å². The van der Waals surface area contributed by atoms with Crippen molar-refractivity contribution in [2.45, 2.75) is 115 Å². The number of hydrogen-bond donors (Lipinski definition) is 10. The summed E-state index contributed by atoms with van der Waals surface area (Å²) in [5.41, 5.74) is 22.6. The molecule has 0 saturated carbocycles. The number of carbonyl (C=O) groups excluding carboxylic acids is 6. The summed E-state index contributed by atoms with van der Waals surface area (Å²) in [7, 11) is 0. The molecule has 48 heavy (non-hydrogen) atoms. The predicted octanol–water partition coefficient (Wildman–Crippen LogP) is -2.23. The van der Waals surface area contributed by atoms with E-state index in [0.717, 1.165) is 0 Å². The van der Waals surface area contributed by atoms with Crippen LogP contribution in [0.1, 0.15) is 78.6 Å². The molecule has 7 unspecified atom stereocenters. The van der Waals surface area contributed by atoms with Crippen LogP contribution in [0.3, 0.4) is 0 Å². The van der Waals surface area contributed by atoms with E-state index in [9.17, 15) is 38.7 Å². The molecule has 0 heterocycles. The molecular formula is C30H57N9O8S. The Bertz CT molecular complexity index is 1070. The van der Waals surface area contributed by atoms with Crippen LogP contribution >= 0.6 is 11.8 Å². The molecule has 0 aliphatic carbocycles. The molecule has 0 aromatic rings. The highest BCUT2D eigenvalue weighted by Crippen LogP contribution is 2.11. The minimum Gasteiger partial charge on any atom is -0.480 e. The summed E-state index contributed by atoms with van der Waals surface area (Å²) in [5, 5.41) is 21.8. The number of unbranched alkanes of at least 4 members (excludes halogenated alkanes) is 2. The first kappa shape index (κ1) is 44.5. The van der Waals surface area contributed by atoms with E-state index in [0.29, 0.717) is 57.4 Å². The summed E-state index contributed by atoms with van der Waals surface area (Å²) in [6.07, 6.45) is 4.45. The maximum Gasteiger partial charge on any atom is 0.325 e. The summed E-state index contributed by atoms with van der Waals surface area (Å²) < 4.78 is 0. The van der Waals surface area contributed by atoms with Crippen molar-refractivity contribution in [1.82, 2.24) is 26.6 Å². The van der Waals surface area contributed by atoms with Crippen LogP contribution in [0.15, 0.2) is 0 Å². The van der Waals surface area contributed by atoms with Crippen LogP contribution in [0.2, 0.25) is 0 Å². The number of thioether (sulfide) groups is 1. The van der Waals surface area contributed by atoms with E-state index in [-0.39, 0.29) is 12.8 Å². The van der Waals surface area contributed by atoms with Crippen LogP contribution in [0, 0.1) is 5.92 Å². The van der Waals surface area contributed by atoms with Crippen LogP contribution in [-0.2, 0) is 33.6 Å². The third-order valence-electron chi connectivity index (χ3n) is 7.69. The lowest BCUT2D eigenvalue weighted by Gasteiger charge is -2.28. The minimum absolute atomic E-state index is 0.112. The zero-order valence-corrected chi connectivity index (χ0v) is 29.4. The van der Waals surface area contributed by atoms with E-state index in [4.69, 9.17) is 22.9 Å². The number of hydrogen-bond acceptors (Lipinski definition) is 11. The standard InChI is InChI=1S/C30H57N9O8S/c1-5-17(2)24(29(45)35-18(3)30(46)47)39-28(44)22(16-23(34)40)38-27(43)21(11-7-9-14-32)37-26(42)20(10-6-8-13-31)36-25(41)19(33)12-15-48-4/h17-22,24H,5-16,31-33H2,1-4H3,(H2,34,40)(H,35,45)(H,36,41)(H,37,42)(H,38,43)(H,39,44)(H,46,47). The number of carbonyl (C=O) groups is 7. The summed E-state index contributed by atoms with van der Waals surface area (Å²) in [6, 6.07) is -7.03. The highest BCUT2D eigenvalue weighted by molar-refractivity contribution is 7.98. The first-order valence-corrected chi connectivity index (χ1v) is 17.7. The van der Waals surface area contributed by atoms with Crippen molar-refractivity contribution in [3.63, 3.8) is 0 Å². The Balaban J connectivity index is 6.11. The van der Waals surface area contributed by atoms with Crippen molar-refractivity contribution in [2.24, 2.45) is 28.9 Å². The Labute approximate surface area is 286 Å². The number of nitrogens with one attached hydrogen (secondary N) is 5. The van der Waals surface area contributed by atoms with Crippen molar-refractivity contribution in [3.8, 4) is 0 Å². The molecule has 18 heteroatoms. The van der Waals surface area contributed by atoms with Crippen molar-refractivity contribution < 1.29 is 38.7 Å². The quantitative estimate of drug-likeness (QED) is 0.0428. The number of nitrogens with two attached hydrogens (primary N) is 4. The first-order valence-electron chi connectivity index (χ1n) is 16.3. The first-order chi connectivity index (χ1) is 22.6. The second-order valence-corrected chi connectivity index (χ2v) is 12.7. The van der Waals surface area contributed by atoms with E-state index in [1.54, 1.807) is 13.8 Å². The van der Waals surface area contributed by atoms with Gasteiger partial charge in [0.15, 0.2) is 0 Å². The largest absolute Gasteiger partial charge is 0.480 e. The van der Waals surface area contributed by atoms with Crippen LogP contribution in [0.25, 0.3) is 0 Å². The fourth-order valence-electron chi connectivity index (χ4n) is 4.45. The molecule has 6 amide bonds. The van der Waals surface area contributed by atoms with Gasteiger partial charge in [-0.25, -0.2) is 0 Å². The Morgan fingerprint density at radius 3 is 1.60 bits per heavy atom. The Hall–Kier alpha value is -3.48. The van der Waals surface area contributed by atoms with Gasteiger partial charge < -0.3 is 54.6 Å². The van der Waals surface area contributed by atoms with Crippen molar-refractivity contribution in [2.75, 3.05) is 25.1 Å². The Morgan fingerprint density at radius 1 is 0.688 bits per heavy atom. The zero-order chi connectivity index (χ0) is 36.8. The van der Waals surface area contributed by atoms with Gasteiger partial charge in [-0.15, -0.1) is 0 Å². The van der Waals surface area contributed by atoms with Gasteiger partial charge in [0.25, 0.3) is 0 Å². The maximum atomic E-state index is 13.6. The summed E-state index contributed by atoms with van der Waals surface area (Å²) in [4.78, 5) is 89.3. The fraction of sp³-hybridized carbons (Fsp3) is 0.767. The van der Waals surface area contributed by atoms with E-state index in [2.05, 4.69) is 26.6 Å². The van der Waals surface area contributed by atoms with Crippen LogP contribution < -0.4 is 49.5 Å². The molecule has 7 atom stereocenters. The molecular weight excluding hydrogens is 646 g/mol. The lowest BCUT2D eigenvalue weighted by atomic mass is 9.97. The van der Waals surface area contributed by atoms with Crippen LogP contribution in [0.5, 0.6) is 0 Å². The molecule has 0 aliphatic heterocycles. The molecule has 0 aromatic carbocycles. The van der Waals surface area contributed by atoms with E-state index < -0.39 is 90.0 Å². The molecule has 14 N–H and O–H groups in total. The van der Waals surface area contributed by atoms with Gasteiger partial charge in [0.2, 0.25) is 35.4 Å². The van der Waals surface area contributed by atoms with Gasteiger partial charge in [-0.1, -0.05) is 20.3 Å². The molecule has 0 aromatic heterocycles. The van der Waals surface area contributed by atoms with Gasteiger partial charge >= 0.3 is 5.97 Å². The zero-order valence-electron chi connectivity index (χ0n) is 28.5. The highest BCUT2D eigenvalue weighted by atomic mass is 32.2. The smallest absolute Gasteiger partial charge is 0.325 e. The van der Waals surface area contributed by atoms with Gasteiger partial charge in [0, 0.05) is 0 Å². The molecule has 0 radical (unpaired) electrons. The monoisotopic (exact) mass is 703 g/mol. The lowest BCUT2D eigenvalue weighted by molar-refractivity contribution is -0.142. The SMILES string of the molecule is CCC(C)C(NC(=O)C(CC(N)=O)NC(=O)C(CCCCN)NC(=O)C(CCCCN)NC(=O)C(N)CCSC)C(=O)NC(C)C(=O)O. The Kier molecular flexibility index (Phi) is 22.8. The summed E-state index contributed by atoms with van der Waals surface area (Å²) in [6.45, 7) is 5.39. The van der Waals surface area contributed by atoms with Gasteiger partial charge in [-0.3, -0.25) is 33.6 Å². The van der Waals surface area contributed by atoms with Gasteiger partial charge in [0.1, 0.15) is 30.2 Å². The molecule has 17 nitrogen and oxygen atoms in total. The number of aliphatic carboxylic acids is 1. The summed E-state index contributed by atoms with van der Waals surface area (Å²) >= 11 is 1.53. The number of carboxylic acid groups (broad SMARTS) is 1. The Morgan fingerprint density at radius 2 is 1.17 bits per heavy atom. The van der Waals surface area contributed by atoms with Crippen molar-refractivity contribution in [1.29, 1.82) is 0 Å². The normalized spacial score (nSPS) is 15.4. The molecule has 0 aliphatic rings. The van der Waals surface area contributed by atoms with Crippen molar-refractivity contribution in [3.05, 3.63) is 0 Å². The second kappa shape index (κ2) is 24.6. The average Bonchev–Trinajstić information content (AvgIpc) is 3.03. The van der Waals surface area contributed by atoms with E-state index in [1.165, 1.54) is 18.7 Å². The van der Waals surface area contributed by atoms with Crippen LogP contribution in [0.4, 0.5) is 0 Å². The minimum atomic E-state index is -1.53. The molecule has 0 saturated heterocycles. The van der Waals surface area contributed by atoms with E-state index in [1.807, 2.05) is 6.26 Å². The second-order valence-electron chi connectivity index (χ2n) is 11.8. The fourth-order valence-corrected chi connectivity index (χ4v) is 4.94. The topological polar surface area (TPSA) is 304 Å². The van der Waals surface area contributed by atoms with Gasteiger partial charge in [0.05, 0.1) is 12.5 Å². The lowest BCUT2D eigenvalue weighted by Crippen LogP contribution is -2.60.